The minimum atomic E-state index is -0.817. The van der Waals surface area contributed by atoms with E-state index in [-0.39, 0.29) is 29.4 Å². The second-order valence-electron chi connectivity index (χ2n) is 4.60. The van der Waals surface area contributed by atoms with Gasteiger partial charge in [-0.05, 0) is 30.3 Å². The van der Waals surface area contributed by atoms with E-state index in [0.29, 0.717) is 10.0 Å². The Morgan fingerprint density at radius 2 is 1.50 bits per heavy atom. The van der Waals surface area contributed by atoms with Crippen molar-refractivity contribution in [1.82, 2.24) is 0 Å². The van der Waals surface area contributed by atoms with Crippen LogP contribution in [0.2, 0.25) is 15.1 Å². The van der Waals surface area contributed by atoms with E-state index in [1.807, 2.05) is 0 Å². The summed E-state index contributed by atoms with van der Waals surface area (Å²) in [7, 11) is 0. The molecule has 0 amide bonds. The fraction of sp³-hybridized carbons (Fsp3) is 0.125. The van der Waals surface area contributed by atoms with Crippen LogP contribution >= 0.6 is 34.8 Å². The molecule has 0 spiro atoms. The lowest BCUT2D eigenvalue weighted by Crippen LogP contribution is -2.14. The molecule has 4 nitrogen and oxygen atoms in total. The van der Waals surface area contributed by atoms with Gasteiger partial charge >= 0.3 is 11.9 Å². The Morgan fingerprint density at radius 1 is 0.917 bits per heavy atom. The number of hydrogen-bond acceptors (Lipinski definition) is 4. The highest BCUT2D eigenvalue weighted by atomic mass is 35.5. The number of esters is 2. The van der Waals surface area contributed by atoms with Gasteiger partial charge in [0, 0.05) is 10.0 Å². The summed E-state index contributed by atoms with van der Waals surface area (Å²) in [5.74, 6) is -2.50. The van der Waals surface area contributed by atoms with Crippen molar-refractivity contribution in [2.24, 2.45) is 0 Å². The molecule has 0 aliphatic heterocycles. The molecule has 0 fully saturated rings. The van der Waals surface area contributed by atoms with Crippen LogP contribution in [0.25, 0.3) is 0 Å². The molecule has 8 heteroatoms. The van der Waals surface area contributed by atoms with E-state index >= 15 is 0 Å². The monoisotopic (exact) mass is 390 g/mol. The van der Waals surface area contributed by atoms with Crippen molar-refractivity contribution in [3.05, 3.63) is 57.3 Å². The Bertz CT molecular complexity index is 739. The predicted octanol–water partition coefficient (Wildman–Crippen LogP) is 5.08. The third-order valence-corrected chi connectivity index (χ3v) is 3.47. The highest BCUT2D eigenvalue weighted by molar-refractivity contribution is 6.34. The fourth-order valence-corrected chi connectivity index (χ4v) is 2.43. The average Bonchev–Trinajstić information content (AvgIpc) is 2.48. The first-order valence-corrected chi connectivity index (χ1v) is 7.80. The summed E-state index contributed by atoms with van der Waals surface area (Å²) in [6.07, 6.45) is -0.577. The molecule has 0 saturated heterocycles. The summed E-state index contributed by atoms with van der Waals surface area (Å²) >= 11 is 17.3. The number of hydrogen-bond donors (Lipinski definition) is 0. The quantitative estimate of drug-likeness (QED) is 0.527. The maximum absolute atomic E-state index is 13.5. The first-order valence-electron chi connectivity index (χ1n) is 6.66. The lowest BCUT2D eigenvalue weighted by molar-refractivity contribution is -0.140. The largest absolute Gasteiger partial charge is 0.426 e. The first-order chi connectivity index (χ1) is 11.3. The SMILES string of the molecule is O=C(CCC(=O)Oc1c(F)cccc1Cl)Oc1cc(Cl)cc(Cl)c1. The molecule has 0 aliphatic carbocycles. The Morgan fingerprint density at radius 3 is 2.08 bits per heavy atom. The summed E-state index contributed by atoms with van der Waals surface area (Å²) in [5.41, 5.74) is 0. The van der Waals surface area contributed by atoms with Crippen molar-refractivity contribution < 1.29 is 23.5 Å². The molecule has 126 valence electrons. The maximum Gasteiger partial charge on any atom is 0.311 e. The number of benzene rings is 2. The van der Waals surface area contributed by atoms with Gasteiger partial charge in [0.2, 0.25) is 0 Å². The van der Waals surface area contributed by atoms with Gasteiger partial charge in [-0.25, -0.2) is 4.39 Å². The Labute approximate surface area is 152 Å². The fourth-order valence-electron chi connectivity index (χ4n) is 1.72. The molecule has 0 radical (unpaired) electrons. The number of carbonyl (C=O) groups is 2. The highest BCUT2D eigenvalue weighted by Gasteiger charge is 2.15. The van der Waals surface area contributed by atoms with Gasteiger partial charge in [0.25, 0.3) is 0 Å². The van der Waals surface area contributed by atoms with Gasteiger partial charge in [-0.15, -0.1) is 0 Å². The van der Waals surface area contributed by atoms with E-state index in [1.165, 1.54) is 30.3 Å². The average molecular weight is 392 g/mol. The zero-order chi connectivity index (χ0) is 17.7. The van der Waals surface area contributed by atoms with Gasteiger partial charge in [-0.3, -0.25) is 9.59 Å². The van der Waals surface area contributed by atoms with E-state index in [1.54, 1.807) is 0 Å². The van der Waals surface area contributed by atoms with Crippen molar-refractivity contribution in [2.45, 2.75) is 12.8 Å². The normalized spacial score (nSPS) is 10.3. The van der Waals surface area contributed by atoms with E-state index in [0.717, 1.165) is 6.07 Å². The summed E-state index contributed by atoms with van der Waals surface area (Å²) in [5, 5.41) is 0.567. The molecule has 24 heavy (non-hydrogen) atoms. The Hall–Kier alpha value is -1.82. The molecule has 2 aromatic carbocycles. The van der Waals surface area contributed by atoms with Crippen LogP contribution in [0.5, 0.6) is 11.5 Å². The maximum atomic E-state index is 13.5. The topological polar surface area (TPSA) is 52.6 Å². The molecular formula is C16H10Cl3FO4. The lowest BCUT2D eigenvalue weighted by atomic mass is 10.3. The number of halogens is 4. The van der Waals surface area contributed by atoms with Crippen LogP contribution < -0.4 is 9.47 Å². The first kappa shape index (κ1) is 18.5. The lowest BCUT2D eigenvalue weighted by Gasteiger charge is -2.07. The zero-order valence-electron chi connectivity index (χ0n) is 12.0. The summed E-state index contributed by atoms with van der Waals surface area (Å²) in [6.45, 7) is 0. The third kappa shape index (κ3) is 5.37. The molecule has 0 atom stereocenters. The number of para-hydroxylation sites is 1. The summed E-state index contributed by atoms with van der Waals surface area (Å²) < 4.78 is 23.3. The molecule has 0 unspecified atom stereocenters. The van der Waals surface area contributed by atoms with Gasteiger partial charge in [0.1, 0.15) is 5.75 Å². The van der Waals surface area contributed by atoms with E-state index in [2.05, 4.69) is 0 Å². The van der Waals surface area contributed by atoms with Crippen LogP contribution in [-0.2, 0) is 9.59 Å². The van der Waals surface area contributed by atoms with Crippen LogP contribution in [0.15, 0.2) is 36.4 Å². The van der Waals surface area contributed by atoms with Crippen LogP contribution in [0, 0.1) is 5.82 Å². The Kier molecular flexibility index (Phi) is 6.43. The number of carbonyl (C=O) groups excluding carboxylic acids is 2. The molecule has 0 saturated carbocycles. The van der Waals surface area contributed by atoms with Gasteiger partial charge < -0.3 is 9.47 Å². The van der Waals surface area contributed by atoms with Crippen molar-refractivity contribution in [2.75, 3.05) is 0 Å². The highest BCUT2D eigenvalue weighted by Crippen LogP contribution is 2.28. The van der Waals surface area contributed by atoms with Crippen LogP contribution in [0.4, 0.5) is 4.39 Å². The summed E-state index contributed by atoms with van der Waals surface area (Å²) in [4.78, 5) is 23.4. The molecule has 2 aromatic rings. The molecular weight excluding hydrogens is 382 g/mol. The van der Waals surface area contributed by atoms with E-state index in [4.69, 9.17) is 44.3 Å². The van der Waals surface area contributed by atoms with Crippen LogP contribution in [0.1, 0.15) is 12.8 Å². The zero-order valence-corrected chi connectivity index (χ0v) is 14.3. The second-order valence-corrected chi connectivity index (χ2v) is 5.88. The predicted molar refractivity (Wildman–Crippen MR) is 88.4 cm³/mol. The van der Waals surface area contributed by atoms with Crippen molar-refractivity contribution in [1.29, 1.82) is 0 Å². The minimum Gasteiger partial charge on any atom is -0.426 e. The van der Waals surface area contributed by atoms with Gasteiger partial charge in [0.05, 0.1) is 17.9 Å². The molecule has 0 N–H and O–H groups in total. The molecule has 0 aliphatic rings. The van der Waals surface area contributed by atoms with Crippen LogP contribution in [-0.4, -0.2) is 11.9 Å². The van der Waals surface area contributed by atoms with Gasteiger partial charge in [-0.1, -0.05) is 40.9 Å². The van der Waals surface area contributed by atoms with Crippen LogP contribution in [0.3, 0.4) is 0 Å². The van der Waals surface area contributed by atoms with Gasteiger partial charge in [0.15, 0.2) is 11.6 Å². The smallest absolute Gasteiger partial charge is 0.311 e. The number of rotatable bonds is 5. The number of ether oxygens (including phenoxy) is 2. The molecule has 0 heterocycles. The van der Waals surface area contributed by atoms with E-state index in [9.17, 15) is 14.0 Å². The molecule has 0 bridgehead atoms. The molecule has 0 aromatic heterocycles. The Balaban J connectivity index is 1.88. The van der Waals surface area contributed by atoms with Crippen molar-refractivity contribution >= 4 is 46.7 Å². The van der Waals surface area contributed by atoms with E-state index < -0.39 is 17.8 Å². The van der Waals surface area contributed by atoms with Gasteiger partial charge in [-0.2, -0.15) is 0 Å². The second kappa shape index (κ2) is 8.33. The van der Waals surface area contributed by atoms with Crippen molar-refractivity contribution in [3.8, 4) is 11.5 Å². The molecule has 2 rings (SSSR count). The van der Waals surface area contributed by atoms with Crippen molar-refractivity contribution in [3.63, 3.8) is 0 Å². The third-order valence-electron chi connectivity index (χ3n) is 2.74. The standard InChI is InChI=1S/C16H10Cl3FO4/c17-9-6-10(18)8-11(7-9)23-14(21)4-5-15(22)24-16-12(19)2-1-3-13(16)20/h1-3,6-8H,4-5H2. The summed E-state index contributed by atoms with van der Waals surface area (Å²) in [6, 6.07) is 8.15. The minimum absolute atomic E-state index is 0.0421.